The zero-order chi connectivity index (χ0) is 8.55. The first-order valence-corrected chi connectivity index (χ1v) is 3.65. The van der Waals surface area contributed by atoms with Crippen LogP contribution in [0.1, 0.15) is 0 Å². The van der Waals surface area contributed by atoms with Crippen LogP contribution in [0, 0.1) is 0 Å². The van der Waals surface area contributed by atoms with Gasteiger partial charge in [-0.3, -0.25) is 5.21 Å². The number of hydrogen-bond donors (Lipinski definition) is 2. The molecule has 2 rings (SSSR count). The number of para-hydroxylation sites is 2. The van der Waals surface area contributed by atoms with Crippen molar-refractivity contribution in [2.75, 3.05) is 12.1 Å². The van der Waals surface area contributed by atoms with Gasteiger partial charge >= 0.3 is 0 Å². The van der Waals surface area contributed by atoms with Crippen LogP contribution in [-0.4, -0.2) is 22.2 Å². The molecule has 0 saturated carbocycles. The van der Waals surface area contributed by atoms with Crippen LogP contribution in [0.5, 0.6) is 0 Å². The summed E-state index contributed by atoms with van der Waals surface area (Å²) in [6.45, 7) is 0. The second-order valence-electron chi connectivity index (χ2n) is 2.60. The Morgan fingerprint density at radius 1 is 1.42 bits per heavy atom. The van der Waals surface area contributed by atoms with E-state index in [2.05, 4.69) is 9.97 Å². The van der Waals surface area contributed by atoms with Gasteiger partial charge in [-0.2, -0.15) is 0 Å². The molecule has 0 bridgehead atoms. The first-order valence-electron chi connectivity index (χ1n) is 3.65. The highest BCUT2D eigenvalue weighted by molar-refractivity contribution is 5.77. The van der Waals surface area contributed by atoms with Gasteiger partial charge in [0.25, 0.3) is 0 Å². The summed E-state index contributed by atoms with van der Waals surface area (Å²) in [4.78, 5) is 7.09. The van der Waals surface area contributed by atoms with Gasteiger partial charge < -0.3 is 4.98 Å². The van der Waals surface area contributed by atoms with Crippen LogP contribution >= 0.6 is 0 Å². The number of H-pyrrole nitrogens is 1. The lowest BCUT2D eigenvalue weighted by atomic mass is 10.3. The first kappa shape index (κ1) is 7.12. The van der Waals surface area contributed by atoms with Gasteiger partial charge in [-0.05, 0) is 12.1 Å². The molecule has 62 valence electrons. The van der Waals surface area contributed by atoms with Gasteiger partial charge in [0, 0.05) is 7.05 Å². The Hall–Kier alpha value is -1.55. The van der Waals surface area contributed by atoms with Crippen LogP contribution in [0.2, 0.25) is 0 Å². The summed E-state index contributed by atoms with van der Waals surface area (Å²) in [5, 5.41) is 10.0. The third kappa shape index (κ3) is 1.02. The fraction of sp³-hybridized carbons (Fsp3) is 0.125. The molecule has 1 aromatic heterocycles. The van der Waals surface area contributed by atoms with E-state index in [1.54, 1.807) is 0 Å². The molecule has 2 N–H and O–H groups in total. The van der Waals surface area contributed by atoms with Crippen LogP contribution < -0.4 is 5.06 Å². The van der Waals surface area contributed by atoms with E-state index >= 15 is 0 Å². The summed E-state index contributed by atoms with van der Waals surface area (Å²) in [6.07, 6.45) is 0. The summed E-state index contributed by atoms with van der Waals surface area (Å²) in [5.74, 6) is 0.455. The lowest BCUT2D eigenvalue weighted by Crippen LogP contribution is -2.11. The standard InChI is InChI=1S/C8H9N3O/c1-11(12)8-9-6-4-2-3-5-7(6)10-8/h2-5,12H,1H3,(H,9,10). The molecule has 0 unspecified atom stereocenters. The maximum Gasteiger partial charge on any atom is 0.227 e. The normalized spacial score (nSPS) is 10.5. The number of nitrogens with zero attached hydrogens (tertiary/aromatic N) is 2. The number of benzene rings is 1. The van der Waals surface area contributed by atoms with Gasteiger partial charge in [0.1, 0.15) is 0 Å². The fourth-order valence-corrected chi connectivity index (χ4v) is 1.09. The van der Waals surface area contributed by atoms with Crippen molar-refractivity contribution in [1.29, 1.82) is 0 Å². The molecule has 0 spiro atoms. The number of aromatic amines is 1. The Balaban J connectivity index is 2.62. The minimum atomic E-state index is 0.455. The number of hydroxylamine groups is 1. The summed E-state index contributed by atoms with van der Waals surface area (Å²) in [6, 6.07) is 7.63. The van der Waals surface area contributed by atoms with Crippen LogP contribution in [0.3, 0.4) is 0 Å². The molecule has 1 heterocycles. The lowest BCUT2D eigenvalue weighted by Gasteiger charge is -2.02. The average Bonchev–Trinajstić information content (AvgIpc) is 2.46. The topological polar surface area (TPSA) is 52.1 Å². The molecule has 1 aromatic carbocycles. The van der Waals surface area contributed by atoms with Crippen molar-refractivity contribution in [1.82, 2.24) is 9.97 Å². The Morgan fingerprint density at radius 3 is 2.83 bits per heavy atom. The second-order valence-corrected chi connectivity index (χ2v) is 2.60. The number of fused-ring (bicyclic) bond motifs is 1. The third-order valence-electron chi connectivity index (χ3n) is 1.68. The van der Waals surface area contributed by atoms with E-state index in [0.29, 0.717) is 5.95 Å². The number of imidazole rings is 1. The molecule has 0 amide bonds. The smallest absolute Gasteiger partial charge is 0.227 e. The zero-order valence-electron chi connectivity index (χ0n) is 6.65. The van der Waals surface area contributed by atoms with Gasteiger partial charge in [0.2, 0.25) is 5.95 Å². The van der Waals surface area contributed by atoms with E-state index in [1.807, 2.05) is 24.3 Å². The maximum absolute atomic E-state index is 9.06. The van der Waals surface area contributed by atoms with E-state index in [-0.39, 0.29) is 0 Å². The monoisotopic (exact) mass is 163 g/mol. The third-order valence-corrected chi connectivity index (χ3v) is 1.68. The molecule has 0 aliphatic rings. The van der Waals surface area contributed by atoms with E-state index in [1.165, 1.54) is 7.05 Å². The molecular weight excluding hydrogens is 154 g/mol. The Morgan fingerprint density at radius 2 is 2.17 bits per heavy atom. The lowest BCUT2D eigenvalue weighted by molar-refractivity contribution is 0.273. The van der Waals surface area contributed by atoms with Gasteiger partial charge in [0.05, 0.1) is 11.0 Å². The van der Waals surface area contributed by atoms with Crippen LogP contribution in [0.25, 0.3) is 11.0 Å². The van der Waals surface area contributed by atoms with E-state index < -0.39 is 0 Å². The largest absolute Gasteiger partial charge is 0.322 e. The van der Waals surface area contributed by atoms with Gasteiger partial charge in [-0.25, -0.2) is 10.0 Å². The number of rotatable bonds is 1. The molecule has 0 aliphatic heterocycles. The van der Waals surface area contributed by atoms with E-state index in [9.17, 15) is 0 Å². The van der Waals surface area contributed by atoms with Crippen molar-refractivity contribution in [2.24, 2.45) is 0 Å². The molecule has 0 fully saturated rings. The number of anilines is 1. The summed E-state index contributed by atoms with van der Waals surface area (Å²) in [5.41, 5.74) is 1.78. The van der Waals surface area contributed by atoms with Crippen LogP contribution in [-0.2, 0) is 0 Å². The molecule has 4 nitrogen and oxygen atoms in total. The van der Waals surface area contributed by atoms with Crippen molar-refractivity contribution in [3.63, 3.8) is 0 Å². The SMILES string of the molecule is CN(O)c1nc2ccccc2[nH]1. The van der Waals surface area contributed by atoms with Crippen molar-refractivity contribution >= 4 is 17.0 Å². The molecule has 4 heteroatoms. The first-order chi connectivity index (χ1) is 5.77. The molecule has 0 radical (unpaired) electrons. The molecule has 0 atom stereocenters. The predicted molar refractivity (Wildman–Crippen MR) is 46.3 cm³/mol. The highest BCUT2D eigenvalue weighted by Crippen LogP contribution is 2.14. The van der Waals surface area contributed by atoms with E-state index in [0.717, 1.165) is 16.1 Å². The molecular formula is C8H9N3O. The molecule has 0 saturated heterocycles. The molecule has 2 aromatic rings. The van der Waals surface area contributed by atoms with Crippen LogP contribution in [0.4, 0.5) is 5.95 Å². The van der Waals surface area contributed by atoms with Crippen LogP contribution in [0.15, 0.2) is 24.3 Å². The highest BCUT2D eigenvalue weighted by atomic mass is 16.5. The van der Waals surface area contributed by atoms with E-state index in [4.69, 9.17) is 5.21 Å². The fourth-order valence-electron chi connectivity index (χ4n) is 1.09. The summed E-state index contributed by atoms with van der Waals surface area (Å²) < 4.78 is 0. The second kappa shape index (κ2) is 2.49. The Kier molecular flexibility index (Phi) is 1.48. The quantitative estimate of drug-likeness (QED) is 0.624. The predicted octanol–water partition coefficient (Wildman–Crippen LogP) is 1.39. The van der Waals surface area contributed by atoms with Gasteiger partial charge in [-0.15, -0.1) is 0 Å². The highest BCUT2D eigenvalue weighted by Gasteiger charge is 2.02. The van der Waals surface area contributed by atoms with Crippen molar-refractivity contribution in [3.05, 3.63) is 24.3 Å². The zero-order valence-corrected chi connectivity index (χ0v) is 6.65. The summed E-state index contributed by atoms with van der Waals surface area (Å²) >= 11 is 0. The average molecular weight is 163 g/mol. The minimum absolute atomic E-state index is 0.455. The number of hydrogen-bond acceptors (Lipinski definition) is 3. The molecule has 12 heavy (non-hydrogen) atoms. The van der Waals surface area contributed by atoms with Crippen molar-refractivity contribution in [2.45, 2.75) is 0 Å². The Labute approximate surface area is 69.4 Å². The van der Waals surface area contributed by atoms with Gasteiger partial charge in [0.15, 0.2) is 0 Å². The van der Waals surface area contributed by atoms with Crippen molar-refractivity contribution < 1.29 is 5.21 Å². The van der Waals surface area contributed by atoms with Crippen molar-refractivity contribution in [3.8, 4) is 0 Å². The number of aromatic nitrogens is 2. The maximum atomic E-state index is 9.06. The number of nitrogens with one attached hydrogen (secondary N) is 1. The summed E-state index contributed by atoms with van der Waals surface area (Å²) in [7, 11) is 1.53. The Bertz CT molecular complexity index is 361. The van der Waals surface area contributed by atoms with Gasteiger partial charge in [-0.1, -0.05) is 12.1 Å². The molecule has 0 aliphatic carbocycles. The minimum Gasteiger partial charge on any atom is -0.322 e.